The second-order valence-corrected chi connectivity index (χ2v) is 5.22. The molecule has 3 rings (SSSR count). The molecule has 3 N–H and O–H groups in total. The van der Waals surface area contributed by atoms with Crippen molar-refractivity contribution in [3.63, 3.8) is 0 Å². The minimum atomic E-state index is -0.532. The number of halogens is 1. The molecule has 3 aromatic rings. The van der Waals surface area contributed by atoms with Gasteiger partial charge in [0.1, 0.15) is 17.5 Å². The van der Waals surface area contributed by atoms with Gasteiger partial charge in [-0.15, -0.1) is 0 Å². The molecular formula is C18H13FN4O2. The van der Waals surface area contributed by atoms with Crippen molar-refractivity contribution in [2.75, 3.05) is 12.8 Å². The van der Waals surface area contributed by atoms with Crippen LogP contribution in [-0.4, -0.2) is 17.1 Å². The van der Waals surface area contributed by atoms with Gasteiger partial charge in [-0.25, -0.2) is 9.37 Å². The molecule has 2 aromatic heterocycles. The molecule has 0 amide bonds. The summed E-state index contributed by atoms with van der Waals surface area (Å²) in [7, 11) is 1.38. The van der Waals surface area contributed by atoms with Crippen molar-refractivity contribution in [1.29, 1.82) is 5.26 Å². The average molecular weight is 336 g/mol. The van der Waals surface area contributed by atoms with E-state index in [0.717, 1.165) is 0 Å². The molecule has 124 valence electrons. The zero-order valence-corrected chi connectivity index (χ0v) is 13.2. The lowest BCUT2D eigenvalue weighted by Gasteiger charge is -2.11. The van der Waals surface area contributed by atoms with E-state index in [-0.39, 0.29) is 22.7 Å². The monoisotopic (exact) mass is 336 g/mol. The van der Waals surface area contributed by atoms with E-state index in [2.05, 4.69) is 9.97 Å². The molecule has 0 aliphatic rings. The standard InChI is InChI=1S/C18H13FN4O2/c1-25-16-4-2-10(6-14(16)19)15-7-12(13(8-20)18(21)23-15)11-3-5-17(24)22-9-11/h2-7,9H,1H3,(H2,21,23)(H,22,24). The van der Waals surface area contributed by atoms with Gasteiger partial charge >= 0.3 is 0 Å². The second-order valence-electron chi connectivity index (χ2n) is 5.22. The highest BCUT2D eigenvalue weighted by atomic mass is 19.1. The van der Waals surface area contributed by atoms with Crippen molar-refractivity contribution < 1.29 is 9.13 Å². The van der Waals surface area contributed by atoms with E-state index in [0.29, 0.717) is 22.4 Å². The molecule has 25 heavy (non-hydrogen) atoms. The molecule has 2 heterocycles. The molecule has 0 fully saturated rings. The van der Waals surface area contributed by atoms with Crippen LogP contribution in [-0.2, 0) is 0 Å². The maximum absolute atomic E-state index is 14.0. The molecule has 6 nitrogen and oxygen atoms in total. The Labute approximate surface area is 142 Å². The lowest BCUT2D eigenvalue weighted by atomic mass is 9.99. The largest absolute Gasteiger partial charge is 0.494 e. The van der Waals surface area contributed by atoms with Crippen LogP contribution in [0.2, 0.25) is 0 Å². The number of aromatic nitrogens is 2. The van der Waals surface area contributed by atoms with Gasteiger partial charge in [0.15, 0.2) is 11.6 Å². The summed E-state index contributed by atoms with van der Waals surface area (Å²) in [5.41, 5.74) is 7.81. The lowest BCUT2D eigenvalue weighted by Crippen LogP contribution is -2.04. The molecule has 1 aromatic carbocycles. The van der Waals surface area contributed by atoms with Crippen molar-refractivity contribution in [2.45, 2.75) is 0 Å². The van der Waals surface area contributed by atoms with Gasteiger partial charge in [0, 0.05) is 23.4 Å². The summed E-state index contributed by atoms with van der Waals surface area (Å²) in [6, 6.07) is 11.0. The van der Waals surface area contributed by atoms with Crippen molar-refractivity contribution in [3.05, 3.63) is 64.3 Å². The smallest absolute Gasteiger partial charge is 0.247 e. The Kier molecular flexibility index (Phi) is 4.18. The fourth-order valence-electron chi connectivity index (χ4n) is 2.46. The van der Waals surface area contributed by atoms with Crippen molar-refractivity contribution >= 4 is 5.82 Å². The predicted octanol–water partition coefficient (Wildman–Crippen LogP) is 2.71. The van der Waals surface area contributed by atoms with E-state index in [9.17, 15) is 14.4 Å². The minimum absolute atomic E-state index is 0.0254. The van der Waals surface area contributed by atoms with Crippen LogP contribution in [0.3, 0.4) is 0 Å². The Hall–Kier alpha value is -3.66. The zero-order chi connectivity index (χ0) is 18.0. The van der Waals surface area contributed by atoms with Crippen LogP contribution in [0.15, 0.2) is 47.4 Å². The number of hydrogen-bond donors (Lipinski definition) is 2. The topological polar surface area (TPSA) is 105 Å². The van der Waals surface area contributed by atoms with Crippen LogP contribution in [0.25, 0.3) is 22.4 Å². The number of nitrogens with one attached hydrogen (secondary N) is 1. The third-order valence-electron chi connectivity index (χ3n) is 3.70. The number of nitrogens with zero attached hydrogens (tertiary/aromatic N) is 2. The number of hydrogen-bond acceptors (Lipinski definition) is 5. The number of ether oxygens (including phenoxy) is 1. The highest BCUT2D eigenvalue weighted by molar-refractivity contribution is 5.79. The fourth-order valence-corrected chi connectivity index (χ4v) is 2.46. The van der Waals surface area contributed by atoms with Crippen LogP contribution in [0.4, 0.5) is 10.2 Å². The van der Waals surface area contributed by atoms with Gasteiger partial charge in [-0.3, -0.25) is 4.79 Å². The first-order valence-electron chi connectivity index (χ1n) is 7.27. The van der Waals surface area contributed by atoms with Crippen LogP contribution in [0.1, 0.15) is 5.56 Å². The van der Waals surface area contributed by atoms with E-state index in [1.54, 1.807) is 18.2 Å². The van der Waals surface area contributed by atoms with E-state index in [1.165, 1.54) is 31.5 Å². The molecule has 0 atom stereocenters. The van der Waals surface area contributed by atoms with Crippen molar-refractivity contribution in [3.8, 4) is 34.2 Å². The Morgan fingerprint density at radius 1 is 1.24 bits per heavy atom. The van der Waals surface area contributed by atoms with Crippen LogP contribution in [0.5, 0.6) is 5.75 Å². The number of methoxy groups -OCH3 is 1. The van der Waals surface area contributed by atoms with Crippen LogP contribution >= 0.6 is 0 Å². The van der Waals surface area contributed by atoms with Gasteiger partial charge in [0.25, 0.3) is 0 Å². The summed E-state index contributed by atoms with van der Waals surface area (Å²) < 4.78 is 18.9. The first-order chi connectivity index (χ1) is 12.0. The number of anilines is 1. The van der Waals surface area contributed by atoms with Crippen molar-refractivity contribution in [2.24, 2.45) is 0 Å². The molecule has 0 saturated heterocycles. The summed E-state index contributed by atoms with van der Waals surface area (Å²) in [6.07, 6.45) is 1.48. The van der Waals surface area contributed by atoms with Gasteiger partial charge in [-0.05, 0) is 35.9 Å². The molecule has 0 spiro atoms. The number of nitrogens with two attached hydrogens (primary N) is 1. The molecule has 0 unspecified atom stereocenters. The third kappa shape index (κ3) is 3.05. The SMILES string of the molecule is COc1ccc(-c2cc(-c3ccc(=O)[nH]c3)c(C#N)c(N)n2)cc1F. The first kappa shape index (κ1) is 16.2. The highest BCUT2D eigenvalue weighted by Crippen LogP contribution is 2.31. The Morgan fingerprint density at radius 3 is 2.60 bits per heavy atom. The Bertz CT molecular complexity index is 1030. The molecule has 0 aliphatic carbocycles. The quantitative estimate of drug-likeness (QED) is 0.765. The van der Waals surface area contributed by atoms with Gasteiger partial charge in [-0.1, -0.05) is 0 Å². The highest BCUT2D eigenvalue weighted by Gasteiger charge is 2.14. The number of nitriles is 1. The first-order valence-corrected chi connectivity index (χ1v) is 7.27. The fraction of sp³-hybridized carbons (Fsp3) is 0.0556. The zero-order valence-electron chi connectivity index (χ0n) is 13.2. The van der Waals surface area contributed by atoms with E-state index in [4.69, 9.17) is 10.5 Å². The summed E-state index contributed by atoms with van der Waals surface area (Å²) in [6.45, 7) is 0. The molecular weight excluding hydrogens is 323 g/mol. The van der Waals surface area contributed by atoms with E-state index < -0.39 is 5.82 Å². The third-order valence-corrected chi connectivity index (χ3v) is 3.70. The second kappa shape index (κ2) is 6.45. The molecule has 0 aliphatic heterocycles. The summed E-state index contributed by atoms with van der Waals surface area (Å²) >= 11 is 0. The van der Waals surface area contributed by atoms with E-state index in [1.807, 2.05) is 6.07 Å². The number of benzene rings is 1. The normalized spacial score (nSPS) is 10.3. The van der Waals surface area contributed by atoms with Crippen LogP contribution < -0.4 is 16.0 Å². The van der Waals surface area contributed by atoms with Gasteiger partial charge in [-0.2, -0.15) is 5.26 Å². The number of pyridine rings is 2. The number of aromatic amines is 1. The maximum atomic E-state index is 14.0. The molecule has 0 bridgehead atoms. The van der Waals surface area contributed by atoms with Gasteiger partial charge in [0.05, 0.1) is 12.8 Å². The van der Waals surface area contributed by atoms with Gasteiger partial charge < -0.3 is 15.5 Å². The van der Waals surface area contributed by atoms with Gasteiger partial charge in [0.2, 0.25) is 5.56 Å². The number of nitrogen functional groups attached to an aromatic ring is 1. The Balaban J connectivity index is 2.20. The van der Waals surface area contributed by atoms with E-state index >= 15 is 0 Å². The Morgan fingerprint density at radius 2 is 2.00 bits per heavy atom. The number of H-pyrrole nitrogens is 1. The van der Waals surface area contributed by atoms with Crippen LogP contribution in [0, 0.1) is 17.1 Å². The average Bonchev–Trinajstić information content (AvgIpc) is 2.61. The predicted molar refractivity (Wildman–Crippen MR) is 91.4 cm³/mol. The molecule has 7 heteroatoms. The number of rotatable bonds is 3. The summed E-state index contributed by atoms with van der Waals surface area (Å²) in [5, 5.41) is 9.37. The summed E-state index contributed by atoms with van der Waals surface area (Å²) in [4.78, 5) is 18.0. The summed E-state index contributed by atoms with van der Waals surface area (Å²) in [5.74, 6) is -0.390. The molecule has 0 radical (unpaired) electrons. The van der Waals surface area contributed by atoms with Crippen molar-refractivity contribution in [1.82, 2.24) is 9.97 Å². The minimum Gasteiger partial charge on any atom is -0.494 e. The molecule has 0 saturated carbocycles. The maximum Gasteiger partial charge on any atom is 0.247 e. The lowest BCUT2D eigenvalue weighted by molar-refractivity contribution is 0.386.